The Morgan fingerprint density at radius 2 is 1.19 bits per heavy atom. The first-order chi connectivity index (χ1) is 7.77. The number of hydrogen-bond donors (Lipinski definition) is 1. The van der Waals surface area contributed by atoms with Crippen LogP contribution >= 0.6 is 0 Å². The monoisotopic (exact) mass is 210 g/mol. The fourth-order valence-corrected chi connectivity index (χ4v) is 1.84. The van der Waals surface area contributed by atoms with Crippen molar-refractivity contribution in [3.8, 4) is 0 Å². The molecule has 0 aliphatic heterocycles. The molecule has 0 aliphatic carbocycles. The average molecular weight is 210 g/mol. The standard InChI is InChI=1S/C14H14N2/c1-14(16-15,12-8-4-2-5-9-12)13-10-6-3-7-11-13/h2-11,16H,1H3. The summed E-state index contributed by atoms with van der Waals surface area (Å²) in [4.78, 5) is 0. The molecule has 0 fully saturated rings. The zero-order valence-corrected chi connectivity index (χ0v) is 9.22. The van der Waals surface area contributed by atoms with Gasteiger partial charge in [0.1, 0.15) is 0 Å². The van der Waals surface area contributed by atoms with Gasteiger partial charge in [-0.1, -0.05) is 60.7 Å². The maximum absolute atomic E-state index is 9.44. The van der Waals surface area contributed by atoms with E-state index in [0.717, 1.165) is 11.1 Å². The van der Waals surface area contributed by atoms with Crippen molar-refractivity contribution in [2.24, 2.45) is 0 Å². The van der Waals surface area contributed by atoms with E-state index in [1.165, 1.54) is 0 Å². The molecule has 2 nitrogen and oxygen atoms in total. The lowest BCUT2D eigenvalue weighted by Crippen LogP contribution is -2.78. The van der Waals surface area contributed by atoms with Gasteiger partial charge >= 0.3 is 0 Å². The van der Waals surface area contributed by atoms with Gasteiger partial charge < -0.3 is 10.6 Å². The minimum Gasteiger partial charge on any atom is -0.507 e. The molecular weight excluding hydrogens is 196 g/mol. The summed E-state index contributed by atoms with van der Waals surface area (Å²) in [5.41, 5.74) is 10.9. The molecular formula is C14H14N2. The van der Waals surface area contributed by atoms with Gasteiger partial charge in [-0.15, -0.1) is 0 Å². The Hall–Kier alpha value is -1.96. The first-order valence-corrected chi connectivity index (χ1v) is 5.29. The van der Waals surface area contributed by atoms with Crippen LogP contribution in [0.3, 0.4) is 0 Å². The van der Waals surface area contributed by atoms with Crippen LogP contribution in [0.1, 0.15) is 18.1 Å². The Morgan fingerprint density at radius 3 is 1.50 bits per heavy atom. The molecule has 2 aromatic rings. The van der Waals surface area contributed by atoms with E-state index < -0.39 is 5.54 Å². The van der Waals surface area contributed by atoms with E-state index in [0.29, 0.717) is 0 Å². The van der Waals surface area contributed by atoms with Crippen LogP contribution in [-0.4, -0.2) is 0 Å². The third-order valence-corrected chi connectivity index (χ3v) is 2.93. The van der Waals surface area contributed by atoms with Crippen molar-refractivity contribution in [3.05, 3.63) is 77.3 Å². The van der Waals surface area contributed by atoms with Gasteiger partial charge in [-0.3, -0.25) is 0 Å². The van der Waals surface area contributed by atoms with Gasteiger partial charge in [-0.25, -0.2) is 0 Å². The lowest BCUT2D eigenvalue weighted by atomic mass is 9.86. The number of hydrogen-bond acceptors (Lipinski definition) is 0. The highest BCUT2D eigenvalue weighted by molar-refractivity contribution is 5.34. The topological polar surface area (TPSA) is 36.3 Å². The predicted octanol–water partition coefficient (Wildman–Crippen LogP) is 2.05. The van der Waals surface area contributed by atoms with Crippen molar-refractivity contribution in [3.63, 3.8) is 0 Å². The van der Waals surface area contributed by atoms with Crippen molar-refractivity contribution in [2.75, 3.05) is 0 Å². The Balaban J connectivity index is 2.53. The molecule has 80 valence electrons. The summed E-state index contributed by atoms with van der Waals surface area (Å²) in [5, 5.41) is 2.41. The summed E-state index contributed by atoms with van der Waals surface area (Å²) in [7, 11) is 0. The number of rotatable bonds is 3. The van der Waals surface area contributed by atoms with Crippen molar-refractivity contribution < 1.29 is 5.11 Å². The Bertz CT molecular complexity index is 423. The highest BCUT2D eigenvalue weighted by atomic mass is 15.0. The van der Waals surface area contributed by atoms with E-state index in [-0.39, 0.29) is 0 Å². The number of benzene rings is 2. The van der Waals surface area contributed by atoms with E-state index in [2.05, 4.69) is 5.11 Å². The van der Waals surface area contributed by atoms with Crippen LogP contribution in [0.2, 0.25) is 0 Å². The molecule has 0 radical (unpaired) electrons. The van der Waals surface area contributed by atoms with Crippen LogP contribution in [0.25, 0.3) is 5.53 Å². The van der Waals surface area contributed by atoms with Crippen molar-refractivity contribution in [1.82, 2.24) is 0 Å². The molecule has 0 aliphatic rings. The molecule has 16 heavy (non-hydrogen) atoms. The highest BCUT2D eigenvalue weighted by Gasteiger charge is 2.30. The van der Waals surface area contributed by atoms with Crippen molar-refractivity contribution in [2.45, 2.75) is 12.5 Å². The van der Waals surface area contributed by atoms with Crippen molar-refractivity contribution in [1.29, 1.82) is 0 Å². The summed E-state index contributed by atoms with van der Waals surface area (Å²) < 4.78 is 0. The van der Waals surface area contributed by atoms with E-state index in [1.807, 2.05) is 67.6 Å². The Kier molecular flexibility index (Phi) is 2.82. The van der Waals surface area contributed by atoms with Crippen LogP contribution in [0.15, 0.2) is 60.7 Å². The molecule has 2 heteroatoms. The first-order valence-electron chi connectivity index (χ1n) is 5.29. The minimum absolute atomic E-state index is 0.567. The maximum Gasteiger partial charge on any atom is 0.198 e. The van der Waals surface area contributed by atoms with Crippen molar-refractivity contribution >= 4 is 0 Å². The van der Waals surface area contributed by atoms with E-state index >= 15 is 0 Å². The molecule has 0 atom stereocenters. The van der Waals surface area contributed by atoms with Gasteiger partial charge in [-0.05, 0) is 0 Å². The molecule has 2 rings (SSSR count). The molecule has 0 heterocycles. The number of nitrogens with zero attached hydrogens (tertiary/aromatic N) is 1. The van der Waals surface area contributed by atoms with Gasteiger partial charge in [0.15, 0.2) is 5.54 Å². The summed E-state index contributed by atoms with van der Waals surface area (Å²) >= 11 is 0. The molecule has 0 saturated heterocycles. The highest BCUT2D eigenvalue weighted by Crippen LogP contribution is 2.24. The molecule has 1 N–H and O–H groups in total. The van der Waals surface area contributed by atoms with Crippen LogP contribution in [0.5, 0.6) is 0 Å². The fourth-order valence-electron chi connectivity index (χ4n) is 1.84. The van der Waals surface area contributed by atoms with E-state index in [4.69, 9.17) is 0 Å². The SMILES string of the molecule is CC([NH+]=[N-])(c1ccccc1)c1ccccc1. The van der Waals surface area contributed by atoms with Crippen LogP contribution < -0.4 is 5.11 Å². The van der Waals surface area contributed by atoms with Crippen LogP contribution in [0, 0.1) is 0 Å². The molecule has 0 amide bonds. The fraction of sp³-hybridized carbons (Fsp3) is 0.143. The first kappa shape index (κ1) is 10.6. The van der Waals surface area contributed by atoms with E-state index in [1.54, 1.807) is 0 Å². The zero-order chi connectivity index (χ0) is 11.4. The third kappa shape index (κ3) is 1.74. The second-order valence-corrected chi connectivity index (χ2v) is 3.97. The molecule has 0 aromatic heterocycles. The van der Waals surface area contributed by atoms with Gasteiger partial charge in [0, 0.05) is 18.1 Å². The second-order valence-electron chi connectivity index (χ2n) is 3.97. The van der Waals surface area contributed by atoms with Gasteiger partial charge in [0.25, 0.3) is 0 Å². The summed E-state index contributed by atoms with van der Waals surface area (Å²) in [6.45, 7) is 1.96. The van der Waals surface area contributed by atoms with Crippen LogP contribution in [0.4, 0.5) is 0 Å². The average Bonchev–Trinajstić information content (AvgIpc) is 2.40. The van der Waals surface area contributed by atoms with Gasteiger partial charge in [0.05, 0.1) is 0 Å². The molecule has 0 spiro atoms. The molecule has 0 bridgehead atoms. The van der Waals surface area contributed by atoms with E-state index in [9.17, 15) is 5.53 Å². The zero-order valence-electron chi connectivity index (χ0n) is 9.22. The predicted molar refractivity (Wildman–Crippen MR) is 63.7 cm³/mol. The third-order valence-electron chi connectivity index (χ3n) is 2.93. The minimum atomic E-state index is -0.567. The number of nitrogens with one attached hydrogen (secondary N) is 1. The van der Waals surface area contributed by atoms with Gasteiger partial charge in [0.2, 0.25) is 0 Å². The van der Waals surface area contributed by atoms with Crippen LogP contribution in [-0.2, 0) is 5.54 Å². The Labute approximate surface area is 95.5 Å². The quantitative estimate of drug-likeness (QED) is 0.753. The Morgan fingerprint density at radius 1 is 0.812 bits per heavy atom. The lowest BCUT2D eigenvalue weighted by molar-refractivity contribution is -0.566. The second kappa shape index (κ2) is 4.27. The normalized spacial score (nSPS) is 11.1. The summed E-state index contributed by atoms with van der Waals surface area (Å²) in [6.07, 6.45) is 0. The smallest absolute Gasteiger partial charge is 0.198 e. The summed E-state index contributed by atoms with van der Waals surface area (Å²) in [5.74, 6) is 0. The maximum atomic E-state index is 9.44. The lowest BCUT2D eigenvalue weighted by Gasteiger charge is -2.22. The molecule has 2 aromatic carbocycles. The summed E-state index contributed by atoms with van der Waals surface area (Å²) in [6, 6.07) is 19.8. The van der Waals surface area contributed by atoms with Gasteiger partial charge in [-0.2, -0.15) is 0 Å². The molecule has 0 saturated carbocycles. The molecule has 0 unspecified atom stereocenters. The largest absolute Gasteiger partial charge is 0.507 e.